The lowest BCUT2D eigenvalue weighted by atomic mass is 10.1. The van der Waals surface area contributed by atoms with E-state index in [0.29, 0.717) is 13.0 Å². The quantitative estimate of drug-likeness (QED) is 0.917. The smallest absolute Gasteiger partial charge is 0.235 e. The SMILES string of the molecule is CCCS(=O)(=O)N1c2ccccc2CCCC1CN. The molecule has 4 nitrogen and oxygen atoms in total. The van der Waals surface area contributed by atoms with Gasteiger partial charge < -0.3 is 5.73 Å². The Morgan fingerprint density at radius 1 is 1.37 bits per heavy atom. The van der Waals surface area contributed by atoms with Gasteiger partial charge in [0.25, 0.3) is 0 Å². The van der Waals surface area contributed by atoms with E-state index in [2.05, 4.69) is 0 Å². The number of sulfonamides is 1. The Labute approximate surface area is 115 Å². The molecule has 0 amide bonds. The van der Waals surface area contributed by atoms with Gasteiger partial charge in [-0.2, -0.15) is 0 Å². The average Bonchev–Trinajstić information content (AvgIpc) is 2.57. The highest BCUT2D eigenvalue weighted by atomic mass is 32.2. The van der Waals surface area contributed by atoms with Crippen LogP contribution in [0.4, 0.5) is 5.69 Å². The second-order valence-corrected chi connectivity index (χ2v) is 6.99. The van der Waals surface area contributed by atoms with Crippen LogP contribution in [0.5, 0.6) is 0 Å². The lowest BCUT2D eigenvalue weighted by Gasteiger charge is -2.31. The number of fused-ring (bicyclic) bond motifs is 1. The first-order valence-electron chi connectivity index (χ1n) is 6.90. The molecule has 1 aromatic carbocycles. The van der Waals surface area contributed by atoms with Gasteiger partial charge in [0.2, 0.25) is 10.0 Å². The summed E-state index contributed by atoms with van der Waals surface area (Å²) in [7, 11) is -3.28. The van der Waals surface area contributed by atoms with Gasteiger partial charge in [-0.1, -0.05) is 25.1 Å². The highest BCUT2D eigenvalue weighted by Gasteiger charge is 2.31. The maximum Gasteiger partial charge on any atom is 0.235 e. The van der Waals surface area contributed by atoms with Crippen LogP contribution >= 0.6 is 0 Å². The summed E-state index contributed by atoms with van der Waals surface area (Å²) in [4.78, 5) is 0. The molecular weight excluding hydrogens is 260 g/mol. The van der Waals surface area contributed by atoms with Crippen LogP contribution in [0.15, 0.2) is 24.3 Å². The molecule has 1 heterocycles. The van der Waals surface area contributed by atoms with Crippen molar-refractivity contribution in [2.24, 2.45) is 5.73 Å². The van der Waals surface area contributed by atoms with Crippen molar-refractivity contribution >= 4 is 15.7 Å². The molecule has 0 fully saturated rings. The molecule has 1 aliphatic rings. The fourth-order valence-electron chi connectivity index (χ4n) is 2.73. The topological polar surface area (TPSA) is 63.4 Å². The second-order valence-electron chi connectivity index (χ2n) is 5.02. The van der Waals surface area contributed by atoms with E-state index in [0.717, 1.165) is 30.5 Å². The fourth-order valence-corrected chi connectivity index (χ4v) is 4.56. The van der Waals surface area contributed by atoms with Gasteiger partial charge in [0.05, 0.1) is 17.5 Å². The molecule has 0 saturated carbocycles. The summed E-state index contributed by atoms with van der Waals surface area (Å²) in [6.45, 7) is 2.26. The Morgan fingerprint density at radius 3 is 2.79 bits per heavy atom. The summed E-state index contributed by atoms with van der Waals surface area (Å²) in [5, 5.41) is 0. The van der Waals surface area contributed by atoms with Crippen molar-refractivity contribution in [3.8, 4) is 0 Å². The van der Waals surface area contributed by atoms with E-state index < -0.39 is 10.0 Å². The lowest BCUT2D eigenvalue weighted by Crippen LogP contribution is -2.45. The highest BCUT2D eigenvalue weighted by molar-refractivity contribution is 7.92. The van der Waals surface area contributed by atoms with Gasteiger partial charge in [-0.25, -0.2) is 8.42 Å². The molecule has 19 heavy (non-hydrogen) atoms. The number of para-hydroxylation sites is 1. The van der Waals surface area contributed by atoms with E-state index in [1.165, 1.54) is 0 Å². The van der Waals surface area contributed by atoms with Gasteiger partial charge in [-0.05, 0) is 37.3 Å². The van der Waals surface area contributed by atoms with Crippen LogP contribution in [0.1, 0.15) is 31.7 Å². The molecule has 2 N–H and O–H groups in total. The van der Waals surface area contributed by atoms with Crippen molar-refractivity contribution in [2.45, 2.75) is 38.6 Å². The first kappa shape index (κ1) is 14.3. The van der Waals surface area contributed by atoms with E-state index in [9.17, 15) is 8.42 Å². The molecule has 106 valence electrons. The summed E-state index contributed by atoms with van der Waals surface area (Å²) < 4.78 is 26.7. The Morgan fingerprint density at radius 2 is 2.11 bits per heavy atom. The van der Waals surface area contributed by atoms with E-state index in [-0.39, 0.29) is 11.8 Å². The minimum atomic E-state index is -3.28. The molecule has 1 aromatic rings. The number of nitrogens with two attached hydrogens (primary N) is 1. The molecule has 1 atom stereocenters. The number of hydrogen-bond acceptors (Lipinski definition) is 3. The van der Waals surface area contributed by atoms with Gasteiger partial charge >= 0.3 is 0 Å². The number of aryl methyl sites for hydroxylation is 1. The standard InChI is InChI=1S/C14H22N2O2S/c1-2-10-19(17,18)16-13(11-15)8-5-7-12-6-3-4-9-14(12)16/h3-4,6,9,13H,2,5,7-8,10-11,15H2,1H3. The second kappa shape index (κ2) is 5.92. The number of anilines is 1. The zero-order valence-electron chi connectivity index (χ0n) is 11.4. The van der Waals surface area contributed by atoms with E-state index in [1.807, 2.05) is 31.2 Å². The van der Waals surface area contributed by atoms with Crippen LogP contribution in [0, 0.1) is 0 Å². The Hall–Kier alpha value is -1.07. The molecule has 0 saturated heterocycles. The number of benzene rings is 1. The van der Waals surface area contributed by atoms with Crippen LogP contribution < -0.4 is 10.0 Å². The summed E-state index contributed by atoms with van der Waals surface area (Å²) in [5.41, 5.74) is 7.74. The average molecular weight is 282 g/mol. The molecule has 5 heteroatoms. The number of hydrogen-bond donors (Lipinski definition) is 1. The van der Waals surface area contributed by atoms with E-state index in [4.69, 9.17) is 5.73 Å². The maximum absolute atomic E-state index is 12.5. The zero-order valence-corrected chi connectivity index (χ0v) is 12.2. The Bertz CT molecular complexity index is 528. The maximum atomic E-state index is 12.5. The van der Waals surface area contributed by atoms with Gasteiger partial charge in [-0.3, -0.25) is 4.31 Å². The Balaban J connectivity index is 2.51. The molecule has 0 bridgehead atoms. The number of nitrogens with zero attached hydrogens (tertiary/aromatic N) is 1. The first-order valence-corrected chi connectivity index (χ1v) is 8.51. The van der Waals surface area contributed by atoms with E-state index >= 15 is 0 Å². The highest BCUT2D eigenvalue weighted by Crippen LogP contribution is 2.31. The van der Waals surface area contributed by atoms with Crippen molar-refractivity contribution in [2.75, 3.05) is 16.6 Å². The number of rotatable bonds is 4. The summed E-state index contributed by atoms with van der Waals surface area (Å²) in [6, 6.07) is 7.66. The fraction of sp³-hybridized carbons (Fsp3) is 0.571. The van der Waals surface area contributed by atoms with Crippen molar-refractivity contribution in [1.82, 2.24) is 0 Å². The predicted octanol–water partition coefficient (Wildman–Crippen LogP) is 1.90. The lowest BCUT2D eigenvalue weighted by molar-refractivity contribution is 0.557. The van der Waals surface area contributed by atoms with Crippen LogP contribution in [0.25, 0.3) is 0 Å². The van der Waals surface area contributed by atoms with Crippen molar-refractivity contribution in [1.29, 1.82) is 0 Å². The van der Waals surface area contributed by atoms with Crippen molar-refractivity contribution < 1.29 is 8.42 Å². The Kier molecular flexibility index (Phi) is 4.47. The van der Waals surface area contributed by atoms with Gasteiger partial charge in [0, 0.05) is 6.54 Å². The molecule has 0 aromatic heterocycles. The van der Waals surface area contributed by atoms with E-state index in [1.54, 1.807) is 4.31 Å². The molecule has 2 rings (SSSR count). The van der Waals surface area contributed by atoms with Crippen LogP contribution in [-0.2, 0) is 16.4 Å². The third kappa shape index (κ3) is 2.92. The monoisotopic (exact) mass is 282 g/mol. The minimum absolute atomic E-state index is 0.111. The normalized spacial score (nSPS) is 19.9. The minimum Gasteiger partial charge on any atom is -0.328 e. The van der Waals surface area contributed by atoms with Crippen molar-refractivity contribution in [3.63, 3.8) is 0 Å². The van der Waals surface area contributed by atoms with Crippen molar-refractivity contribution in [3.05, 3.63) is 29.8 Å². The molecule has 1 unspecified atom stereocenters. The zero-order chi connectivity index (χ0) is 13.9. The third-order valence-corrected chi connectivity index (χ3v) is 5.60. The predicted molar refractivity (Wildman–Crippen MR) is 78.8 cm³/mol. The summed E-state index contributed by atoms with van der Waals surface area (Å²) in [5.74, 6) is 0.178. The molecule has 1 aliphatic heterocycles. The van der Waals surface area contributed by atoms with Crippen LogP contribution in [-0.4, -0.2) is 26.8 Å². The van der Waals surface area contributed by atoms with Crippen LogP contribution in [0.2, 0.25) is 0 Å². The van der Waals surface area contributed by atoms with Gasteiger partial charge in [0.1, 0.15) is 0 Å². The third-order valence-electron chi connectivity index (χ3n) is 3.58. The summed E-state index contributed by atoms with van der Waals surface area (Å²) >= 11 is 0. The molecular formula is C14H22N2O2S. The van der Waals surface area contributed by atoms with Gasteiger partial charge in [0.15, 0.2) is 0 Å². The van der Waals surface area contributed by atoms with Gasteiger partial charge in [-0.15, -0.1) is 0 Å². The summed E-state index contributed by atoms with van der Waals surface area (Å²) in [6.07, 6.45) is 3.36. The first-order chi connectivity index (χ1) is 9.10. The molecule has 0 spiro atoms. The molecule has 0 aliphatic carbocycles. The largest absolute Gasteiger partial charge is 0.328 e. The van der Waals surface area contributed by atoms with Crippen LogP contribution in [0.3, 0.4) is 0 Å². The molecule has 0 radical (unpaired) electrons.